The molecule has 0 saturated carbocycles. The number of esters is 1. The zero-order valence-corrected chi connectivity index (χ0v) is 8.12. The molecule has 0 rings (SSSR count). The Bertz CT molecular complexity index is 206. The summed E-state index contributed by atoms with van der Waals surface area (Å²) in [7, 11) is 0. The lowest BCUT2D eigenvalue weighted by Crippen LogP contribution is -2.21. The van der Waals surface area contributed by atoms with Gasteiger partial charge in [-0.3, -0.25) is 14.4 Å². The second kappa shape index (κ2) is 5.45. The fourth-order valence-electron chi connectivity index (χ4n) is 1.01. The molecule has 0 radical (unpaired) electrons. The van der Waals surface area contributed by atoms with Crippen molar-refractivity contribution in [1.82, 2.24) is 0 Å². The van der Waals surface area contributed by atoms with Crippen LogP contribution >= 0.6 is 0 Å². The Kier molecular flexibility index (Phi) is 4.96. The van der Waals surface area contributed by atoms with Crippen molar-refractivity contribution in [3.8, 4) is 0 Å². The minimum Gasteiger partial charge on any atom is -0.466 e. The molecule has 0 unspecified atom stereocenters. The van der Waals surface area contributed by atoms with Gasteiger partial charge in [0.25, 0.3) is 0 Å². The number of carbonyl (C=O) groups excluding carboxylic acids is 3. The predicted molar refractivity (Wildman–Crippen MR) is 46.1 cm³/mol. The van der Waals surface area contributed by atoms with Crippen molar-refractivity contribution in [2.75, 3.05) is 6.61 Å². The van der Waals surface area contributed by atoms with Gasteiger partial charge in [0, 0.05) is 6.92 Å². The fourth-order valence-corrected chi connectivity index (χ4v) is 1.01. The third-order valence-electron chi connectivity index (χ3n) is 1.69. The summed E-state index contributed by atoms with van der Waals surface area (Å²) < 4.78 is 4.63. The summed E-state index contributed by atoms with van der Waals surface area (Å²) in [5.41, 5.74) is 0. The smallest absolute Gasteiger partial charge is 0.302 e. The van der Waals surface area contributed by atoms with Crippen LogP contribution < -0.4 is 0 Å². The van der Waals surface area contributed by atoms with Crippen LogP contribution in [-0.2, 0) is 19.1 Å². The van der Waals surface area contributed by atoms with Crippen molar-refractivity contribution < 1.29 is 19.1 Å². The average molecular weight is 186 g/mol. The van der Waals surface area contributed by atoms with E-state index in [1.165, 1.54) is 20.8 Å². The van der Waals surface area contributed by atoms with Gasteiger partial charge in [0.15, 0.2) is 0 Å². The van der Waals surface area contributed by atoms with Crippen molar-refractivity contribution in [3.05, 3.63) is 0 Å². The summed E-state index contributed by atoms with van der Waals surface area (Å²) in [5, 5.41) is 0. The number of ketones is 2. The first kappa shape index (κ1) is 11.8. The highest BCUT2D eigenvalue weighted by molar-refractivity contribution is 6.00. The molecule has 0 aliphatic heterocycles. The third kappa shape index (κ3) is 5.11. The van der Waals surface area contributed by atoms with Gasteiger partial charge in [0.1, 0.15) is 11.6 Å². The van der Waals surface area contributed by atoms with E-state index in [1.807, 2.05) is 0 Å². The second-order valence-corrected chi connectivity index (χ2v) is 2.90. The summed E-state index contributed by atoms with van der Waals surface area (Å²) in [4.78, 5) is 32.2. The lowest BCUT2D eigenvalue weighted by Gasteiger charge is -2.09. The third-order valence-corrected chi connectivity index (χ3v) is 1.69. The first-order valence-electron chi connectivity index (χ1n) is 4.09. The molecule has 0 bridgehead atoms. The van der Waals surface area contributed by atoms with Gasteiger partial charge in [0.2, 0.25) is 0 Å². The van der Waals surface area contributed by atoms with Crippen LogP contribution in [0.4, 0.5) is 0 Å². The Morgan fingerprint density at radius 2 is 1.54 bits per heavy atom. The van der Waals surface area contributed by atoms with E-state index in [1.54, 1.807) is 0 Å². The van der Waals surface area contributed by atoms with Crippen molar-refractivity contribution >= 4 is 17.5 Å². The van der Waals surface area contributed by atoms with Crippen LogP contribution in [0.25, 0.3) is 0 Å². The van der Waals surface area contributed by atoms with E-state index < -0.39 is 11.9 Å². The fraction of sp³-hybridized carbons (Fsp3) is 0.667. The van der Waals surface area contributed by atoms with E-state index in [0.29, 0.717) is 0 Å². The van der Waals surface area contributed by atoms with Crippen LogP contribution in [0, 0.1) is 5.92 Å². The van der Waals surface area contributed by atoms with Gasteiger partial charge in [-0.15, -0.1) is 0 Å². The minimum atomic E-state index is -0.626. The van der Waals surface area contributed by atoms with Crippen molar-refractivity contribution in [3.63, 3.8) is 0 Å². The molecular weight excluding hydrogens is 172 g/mol. The van der Waals surface area contributed by atoms with Crippen molar-refractivity contribution in [2.24, 2.45) is 5.92 Å². The van der Waals surface area contributed by atoms with Gasteiger partial charge in [-0.2, -0.15) is 0 Å². The van der Waals surface area contributed by atoms with Crippen LogP contribution in [0.2, 0.25) is 0 Å². The number of hydrogen-bond acceptors (Lipinski definition) is 4. The number of rotatable bonds is 5. The lowest BCUT2D eigenvalue weighted by atomic mass is 9.98. The molecule has 0 amide bonds. The number of carbonyl (C=O) groups is 3. The van der Waals surface area contributed by atoms with E-state index in [0.717, 1.165) is 0 Å². The summed E-state index contributed by atoms with van der Waals surface area (Å²) in [5.74, 6) is -1.38. The van der Waals surface area contributed by atoms with Crippen LogP contribution in [0.3, 0.4) is 0 Å². The van der Waals surface area contributed by atoms with Crippen molar-refractivity contribution in [1.29, 1.82) is 0 Å². The Hall–Kier alpha value is -1.19. The highest BCUT2D eigenvalue weighted by atomic mass is 16.5. The highest BCUT2D eigenvalue weighted by Gasteiger charge is 2.19. The van der Waals surface area contributed by atoms with Crippen LogP contribution in [0.5, 0.6) is 0 Å². The standard InChI is InChI=1S/C9H14O4/c1-6(10)9(7(2)11)4-5-13-8(3)12/h9H,4-5H2,1-3H3. The maximum Gasteiger partial charge on any atom is 0.302 e. The first-order chi connectivity index (χ1) is 5.95. The molecule has 0 aromatic rings. The summed E-state index contributed by atoms with van der Waals surface area (Å²) in [6.07, 6.45) is 0.282. The van der Waals surface area contributed by atoms with E-state index >= 15 is 0 Å². The van der Waals surface area contributed by atoms with Gasteiger partial charge in [-0.1, -0.05) is 0 Å². The first-order valence-corrected chi connectivity index (χ1v) is 4.09. The van der Waals surface area contributed by atoms with E-state index in [9.17, 15) is 14.4 Å². The Morgan fingerprint density at radius 3 is 1.85 bits per heavy atom. The predicted octanol–water partition coefficient (Wildman–Crippen LogP) is 0.734. The Labute approximate surface area is 77.3 Å². The molecule has 0 fully saturated rings. The van der Waals surface area contributed by atoms with E-state index in [2.05, 4.69) is 4.74 Å². The molecule has 0 spiro atoms. The average Bonchev–Trinajstić information content (AvgIpc) is 1.95. The van der Waals surface area contributed by atoms with Gasteiger partial charge in [-0.05, 0) is 20.3 Å². The maximum absolute atomic E-state index is 10.9. The Morgan fingerprint density at radius 1 is 1.08 bits per heavy atom. The molecular formula is C9H14O4. The maximum atomic E-state index is 10.9. The van der Waals surface area contributed by atoms with Crippen molar-refractivity contribution in [2.45, 2.75) is 27.2 Å². The number of ether oxygens (including phenoxy) is 1. The molecule has 13 heavy (non-hydrogen) atoms. The zero-order chi connectivity index (χ0) is 10.4. The summed E-state index contributed by atoms with van der Waals surface area (Å²) >= 11 is 0. The molecule has 4 heteroatoms. The van der Waals surface area contributed by atoms with E-state index in [-0.39, 0.29) is 24.6 Å². The summed E-state index contributed by atoms with van der Waals surface area (Å²) in [6.45, 7) is 4.13. The molecule has 0 aromatic carbocycles. The largest absolute Gasteiger partial charge is 0.466 e. The van der Waals surface area contributed by atoms with Gasteiger partial charge < -0.3 is 4.74 Å². The number of hydrogen-bond donors (Lipinski definition) is 0. The molecule has 4 nitrogen and oxygen atoms in total. The molecule has 0 heterocycles. The summed E-state index contributed by atoms with van der Waals surface area (Å²) in [6, 6.07) is 0. The van der Waals surface area contributed by atoms with Gasteiger partial charge >= 0.3 is 5.97 Å². The van der Waals surface area contributed by atoms with Crippen LogP contribution in [0.1, 0.15) is 27.2 Å². The van der Waals surface area contributed by atoms with Crippen LogP contribution in [0.15, 0.2) is 0 Å². The van der Waals surface area contributed by atoms with Gasteiger partial charge in [0.05, 0.1) is 12.5 Å². The molecule has 0 aliphatic carbocycles. The van der Waals surface area contributed by atoms with Crippen LogP contribution in [-0.4, -0.2) is 24.1 Å². The van der Waals surface area contributed by atoms with E-state index in [4.69, 9.17) is 0 Å². The second-order valence-electron chi connectivity index (χ2n) is 2.90. The lowest BCUT2D eigenvalue weighted by molar-refractivity contribution is -0.143. The molecule has 74 valence electrons. The molecule has 0 N–H and O–H groups in total. The number of Topliss-reactive ketones (excluding diaryl/α,β-unsaturated/α-hetero) is 2. The quantitative estimate of drug-likeness (QED) is 0.469. The topological polar surface area (TPSA) is 60.4 Å². The Balaban J connectivity index is 3.91. The normalized spacial score (nSPS) is 9.85. The minimum absolute atomic E-state index is 0.124. The SMILES string of the molecule is CC(=O)OCCC(C(C)=O)C(C)=O. The molecule has 0 saturated heterocycles. The molecule has 0 atom stereocenters. The van der Waals surface area contributed by atoms with Gasteiger partial charge in [-0.25, -0.2) is 0 Å². The highest BCUT2D eigenvalue weighted by Crippen LogP contribution is 2.06. The monoisotopic (exact) mass is 186 g/mol. The molecule has 0 aliphatic rings. The molecule has 0 aromatic heterocycles. The zero-order valence-electron chi connectivity index (χ0n) is 8.12.